The normalized spacial score (nSPS) is 13.2. The monoisotopic (exact) mass is 962 g/mol. The van der Waals surface area contributed by atoms with Crippen molar-refractivity contribution < 1.29 is 9.47 Å². The summed E-state index contributed by atoms with van der Waals surface area (Å²) >= 11 is 0. The van der Waals surface area contributed by atoms with Gasteiger partial charge in [-0.15, -0.1) is 0 Å². The maximum Gasteiger partial charge on any atom is 0.328 e. The van der Waals surface area contributed by atoms with E-state index in [2.05, 4.69) is 138 Å². The quantitative estimate of drug-likeness (QED) is 0.127. The Labute approximate surface area is 434 Å². The molecule has 2 aromatic heterocycles. The maximum absolute atomic E-state index is 12.2. The van der Waals surface area contributed by atoms with Crippen molar-refractivity contribution in [2.75, 3.05) is 0 Å². The van der Waals surface area contributed by atoms with Crippen LogP contribution in [0.15, 0.2) is 222 Å². The number of ether oxygens (including phenoxy) is 2. The van der Waals surface area contributed by atoms with Crippen molar-refractivity contribution in [3.8, 4) is 34.9 Å². The van der Waals surface area contributed by atoms with Gasteiger partial charge >= 0.3 is 6.85 Å². The molecule has 0 radical (unpaired) electrons. The van der Waals surface area contributed by atoms with Gasteiger partial charge in [-0.05, 0) is 60.0 Å². The van der Waals surface area contributed by atoms with Crippen LogP contribution in [0.5, 0.6) is 11.5 Å². The van der Waals surface area contributed by atoms with Crippen molar-refractivity contribution in [1.29, 1.82) is 10.5 Å². The number of rotatable bonds is 10. The number of aryl methyl sites for hydroxylation is 2. The van der Waals surface area contributed by atoms with Crippen molar-refractivity contribution in [2.45, 2.75) is 20.3 Å². The van der Waals surface area contributed by atoms with Crippen molar-refractivity contribution >= 4 is 97.3 Å². The van der Waals surface area contributed by atoms with E-state index < -0.39 is 6.85 Å². The Bertz CT molecular complexity index is 4350. The third kappa shape index (κ3) is 7.71. The van der Waals surface area contributed by atoms with Crippen LogP contribution < -0.4 is 36.6 Å². The minimum atomic E-state index is -0.520. The van der Waals surface area contributed by atoms with E-state index in [1.807, 2.05) is 109 Å². The van der Waals surface area contributed by atoms with Gasteiger partial charge in [-0.25, -0.2) is 9.98 Å². The molecule has 75 heavy (non-hydrogen) atoms. The molecule has 0 atom stereocenters. The van der Waals surface area contributed by atoms with Crippen LogP contribution in [0.4, 0.5) is 11.4 Å². The molecule has 0 saturated carbocycles. The molecule has 0 spiro atoms. The first-order valence-electron chi connectivity index (χ1n) is 25.1. The van der Waals surface area contributed by atoms with E-state index in [4.69, 9.17) is 19.5 Å². The molecular formula is C65H44B2N6O2. The van der Waals surface area contributed by atoms with Gasteiger partial charge in [-0.1, -0.05) is 210 Å². The summed E-state index contributed by atoms with van der Waals surface area (Å²) in [5.41, 5.74) is 10.7. The number of aliphatic imine (C=N–C) groups is 2. The zero-order chi connectivity index (χ0) is 50.6. The van der Waals surface area contributed by atoms with E-state index in [0.717, 1.165) is 82.3 Å². The van der Waals surface area contributed by atoms with Crippen molar-refractivity contribution in [3.05, 3.63) is 245 Å². The summed E-state index contributed by atoms with van der Waals surface area (Å²) in [5, 5.41) is 30.8. The van der Waals surface area contributed by atoms with Gasteiger partial charge in [0.15, 0.2) is 0 Å². The summed E-state index contributed by atoms with van der Waals surface area (Å²) in [6, 6.07) is 77.5. The molecule has 13 rings (SSSR count). The van der Waals surface area contributed by atoms with Gasteiger partial charge in [0.2, 0.25) is 11.8 Å². The Morgan fingerprint density at radius 1 is 0.520 bits per heavy atom. The van der Waals surface area contributed by atoms with Crippen LogP contribution in [0.25, 0.3) is 54.7 Å². The van der Waals surface area contributed by atoms with E-state index in [0.29, 0.717) is 47.4 Å². The molecule has 8 nitrogen and oxygen atoms in total. The van der Waals surface area contributed by atoms with E-state index in [-0.39, 0.29) is 22.9 Å². The first-order valence-corrected chi connectivity index (χ1v) is 25.1. The minimum Gasteiger partial charge on any atom is -0.437 e. The summed E-state index contributed by atoms with van der Waals surface area (Å²) < 4.78 is 18.4. The number of hydrogen-bond donors (Lipinski definition) is 0. The largest absolute Gasteiger partial charge is 0.437 e. The van der Waals surface area contributed by atoms with Crippen LogP contribution in [-0.2, 0) is 6.42 Å². The number of nitrogens with zero attached hydrogens (tertiary/aromatic N) is 6. The molecule has 9 aromatic carbocycles. The van der Waals surface area contributed by atoms with Crippen molar-refractivity contribution in [1.82, 2.24) is 8.96 Å². The predicted molar refractivity (Wildman–Crippen MR) is 307 cm³/mol. The molecule has 0 amide bonds. The fourth-order valence-electron chi connectivity index (χ4n) is 11.2. The lowest BCUT2D eigenvalue weighted by atomic mass is 9.50. The molecule has 4 heterocycles. The minimum absolute atomic E-state index is 0.174. The molecule has 2 aliphatic rings. The third-order valence-electron chi connectivity index (χ3n) is 14.6. The van der Waals surface area contributed by atoms with E-state index in [1.165, 1.54) is 0 Å². The highest BCUT2D eigenvalue weighted by atomic mass is 16.5. The number of benzene rings is 9. The first kappa shape index (κ1) is 45.0. The molecule has 0 unspecified atom stereocenters. The summed E-state index contributed by atoms with van der Waals surface area (Å²) in [5.74, 6) is 1.59. The molecule has 10 heteroatoms. The highest BCUT2D eigenvalue weighted by Crippen LogP contribution is 2.41. The fraction of sp³-hybridized carbons (Fsp3) is 0.0462. The Hall–Kier alpha value is -9.89. The smallest absolute Gasteiger partial charge is 0.328 e. The number of hydrogen-bond acceptors (Lipinski definition) is 6. The molecule has 0 aliphatic carbocycles. The second kappa shape index (κ2) is 18.6. The fourth-order valence-corrected chi connectivity index (χ4v) is 11.2. The highest BCUT2D eigenvalue weighted by Gasteiger charge is 2.36. The SMILES string of the molecule is Cc1ccc(Cc2c3/c(=C(\C#N)C4=Nc5cccc6cccc(c56)O4)n(B(c4ccccc4)c4ccccc4)c(-c4ccccc4C)c3/c(=C(\C#N)C3=Nc4cccc5cccc(c45)O3)n2Bc2ccccc2)cc1. The molecule has 0 fully saturated rings. The second-order valence-electron chi connectivity index (χ2n) is 19.2. The van der Waals surface area contributed by atoms with Crippen LogP contribution in [0, 0.1) is 36.5 Å². The Kier molecular flexibility index (Phi) is 11.2. The van der Waals surface area contributed by atoms with Gasteiger partial charge in [0, 0.05) is 34.1 Å². The van der Waals surface area contributed by atoms with E-state index >= 15 is 0 Å². The van der Waals surface area contributed by atoms with Gasteiger partial charge in [-0.2, -0.15) is 10.5 Å². The molecule has 0 saturated heterocycles. The molecule has 11 aromatic rings. The maximum atomic E-state index is 12.2. The second-order valence-corrected chi connectivity index (χ2v) is 19.2. The average Bonchev–Trinajstić information content (AvgIpc) is 3.95. The molecule has 352 valence electrons. The Morgan fingerprint density at radius 3 is 1.57 bits per heavy atom. The van der Waals surface area contributed by atoms with Crippen LogP contribution >= 0.6 is 0 Å². The number of nitriles is 2. The molecule has 2 aliphatic heterocycles. The van der Waals surface area contributed by atoms with Crippen LogP contribution in [0.1, 0.15) is 22.4 Å². The Balaban J connectivity index is 1.31. The first-order chi connectivity index (χ1) is 36.9. The zero-order valence-corrected chi connectivity index (χ0v) is 41.2. The zero-order valence-electron chi connectivity index (χ0n) is 41.2. The van der Waals surface area contributed by atoms with Crippen LogP contribution in [0.3, 0.4) is 0 Å². The molecule has 0 bridgehead atoms. The van der Waals surface area contributed by atoms with E-state index in [1.54, 1.807) is 0 Å². The van der Waals surface area contributed by atoms with Crippen molar-refractivity contribution in [3.63, 3.8) is 0 Å². The molecular weight excluding hydrogens is 918 g/mol. The summed E-state index contributed by atoms with van der Waals surface area (Å²) in [4.78, 5) is 10.5. The van der Waals surface area contributed by atoms with Gasteiger partial charge in [0.25, 0.3) is 7.41 Å². The third-order valence-corrected chi connectivity index (χ3v) is 14.6. The van der Waals surface area contributed by atoms with E-state index in [9.17, 15) is 10.5 Å². The number of fused-ring (bicyclic) bond motifs is 1. The lowest BCUT2D eigenvalue weighted by molar-refractivity contribution is 0.560. The average molecular weight is 963 g/mol. The van der Waals surface area contributed by atoms with Crippen LogP contribution in [-0.4, -0.2) is 35.0 Å². The summed E-state index contributed by atoms with van der Waals surface area (Å²) in [6.45, 7) is 3.69. The van der Waals surface area contributed by atoms with Gasteiger partial charge in [0.1, 0.15) is 34.8 Å². The number of aromatic nitrogens is 2. The summed E-state index contributed by atoms with van der Waals surface area (Å²) in [6.07, 6.45) is 0.428. The van der Waals surface area contributed by atoms with Crippen LogP contribution in [0.2, 0.25) is 0 Å². The topological polar surface area (TPSA) is 101 Å². The lowest BCUT2D eigenvalue weighted by Gasteiger charge is -2.24. The van der Waals surface area contributed by atoms with Gasteiger partial charge in [0.05, 0.1) is 32.8 Å². The lowest BCUT2D eigenvalue weighted by Crippen LogP contribution is -2.53. The van der Waals surface area contributed by atoms with Gasteiger partial charge in [-0.3, -0.25) is 0 Å². The highest BCUT2D eigenvalue weighted by molar-refractivity contribution is 6.84. The predicted octanol–water partition coefficient (Wildman–Crippen LogP) is 10.4. The summed E-state index contributed by atoms with van der Waals surface area (Å²) in [7, 11) is 0.374. The Morgan fingerprint density at radius 2 is 1.03 bits per heavy atom. The van der Waals surface area contributed by atoms with Gasteiger partial charge < -0.3 is 18.4 Å². The standard InChI is InChI=1S/C65H44B2N6O2/c1-41-34-36-43(37-35-41)38-54-59-60(61(72(54)66-46-23-6-3-7-24-46)50(39-68)64-70-52-30-14-19-44-21-16-32-55(74-64)57(44)52)62(49-29-13-12-18-42(49)2)73(67(47-25-8-4-9-26-47)48-27-10-5-11-28-48)63(59)51(40-69)65-71-53-31-15-20-45-22-17-33-56(75-65)58(45)53/h3-37,66H,38H2,1-2H3/b61-50-,63-51-. The van der Waals surface area contributed by atoms with Crippen molar-refractivity contribution in [2.24, 2.45) is 9.98 Å². The molecule has 0 N–H and O–H groups in total.